The van der Waals surface area contributed by atoms with E-state index < -0.39 is 0 Å². The summed E-state index contributed by atoms with van der Waals surface area (Å²) >= 11 is 5.97. The molecule has 0 heterocycles. The molecule has 0 amide bonds. The first-order valence-electron chi connectivity index (χ1n) is 6.04. The van der Waals surface area contributed by atoms with Gasteiger partial charge < -0.3 is 20.6 Å². The van der Waals surface area contributed by atoms with E-state index in [-0.39, 0.29) is 11.9 Å². The van der Waals surface area contributed by atoms with E-state index >= 15 is 0 Å². The van der Waals surface area contributed by atoms with E-state index in [0.29, 0.717) is 23.7 Å². The highest BCUT2D eigenvalue weighted by Crippen LogP contribution is 2.25. The van der Waals surface area contributed by atoms with Crippen molar-refractivity contribution < 1.29 is 9.94 Å². The zero-order valence-electron chi connectivity index (χ0n) is 11.4. The number of oxime groups is 1. The van der Waals surface area contributed by atoms with Gasteiger partial charge in [-0.3, -0.25) is 0 Å². The van der Waals surface area contributed by atoms with Crippen LogP contribution in [0, 0.1) is 0 Å². The quantitative estimate of drug-likeness (QED) is 0.364. The van der Waals surface area contributed by atoms with E-state index in [0.717, 1.165) is 5.69 Å². The second-order valence-electron chi connectivity index (χ2n) is 4.43. The van der Waals surface area contributed by atoms with Crippen LogP contribution in [0.3, 0.4) is 0 Å². The summed E-state index contributed by atoms with van der Waals surface area (Å²) < 4.78 is 5.12. The molecule has 0 spiro atoms. The summed E-state index contributed by atoms with van der Waals surface area (Å²) in [6.07, 6.45) is 0. The van der Waals surface area contributed by atoms with Crippen molar-refractivity contribution in [3.8, 4) is 0 Å². The Kier molecular flexibility index (Phi) is 5.92. The Morgan fingerprint density at radius 1 is 1.53 bits per heavy atom. The summed E-state index contributed by atoms with van der Waals surface area (Å²) in [5.74, 6) is 0.0422. The minimum absolute atomic E-state index is 0.0422. The van der Waals surface area contributed by atoms with Crippen LogP contribution in [0.5, 0.6) is 0 Å². The first kappa shape index (κ1) is 15.6. The molecule has 0 aliphatic heterocycles. The standard InChI is InChI=1S/C13H20ClN3O2/c1-9(2)17(6-7-19-3)12-5-4-10(14)8-11(12)13(15)16-18/h4-5,8-9,18H,6-7H2,1-3H3,(H2,15,16). The number of nitrogens with zero attached hydrogens (tertiary/aromatic N) is 2. The molecule has 0 atom stereocenters. The highest BCUT2D eigenvalue weighted by Gasteiger charge is 2.17. The van der Waals surface area contributed by atoms with Crippen LogP contribution in [0.2, 0.25) is 5.02 Å². The van der Waals surface area contributed by atoms with Crippen molar-refractivity contribution >= 4 is 23.1 Å². The molecule has 1 rings (SSSR count). The third-order valence-corrected chi connectivity index (χ3v) is 3.05. The Labute approximate surface area is 118 Å². The number of halogens is 1. The van der Waals surface area contributed by atoms with Gasteiger partial charge in [0.05, 0.1) is 6.61 Å². The maximum Gasteiger partial charge on any atom is 0.172 e. The number of ether oxygens (including phenoxy) is 1. The second-order valence-corrected chi connectivity index (χ2v) is 4.86. The molecule has 1 aromatic rings. The first-order chi connectivity index (χ1) is 9.01. The van der Waals surface area contributed by atoms with Crippen LogP contribution in [-0.2, 0) is 4.74 Å². The number of rotatable bonds is 6. The maximum atomic E-state index is 8.88. The van der Waals surface area contributed by atoms with E-state index in [2.05, 4.69) is 23.9 Å². The summed E-state index contributed by atoms with van der Waals surface area (Å²) in [6, 6.07) is 5.59. The number of hydrogen-bond donors (Lipinski definition) is 2. The van der Waals surface area contributed by atoms with Crippen LogP contribution in [0.25, 0.3) is 0 Å². The zero-order valence-corrected chi connectivity index (χ0v) is 12.2. The molecular formula is C13H20ClN3O2. The van der Waals surface area contributed by atoms with E-state index in [1.165, 1.54) is 0 Å². The SMILES string of the molecule is COCCN(c1ccc(Cl)cc1/C(N)=N/O)C(C)C. The van der Waals surface area contributed by atoms with Crippen LogP contribution in [-0.4, -0.2) is 37.3 Å². The minimum Gasteiger partial charge on any atom is -0.409 e. The average molecular weight is 286 g/mol. The van der Waals surface area contributed by atoms with Crippen LogP contribution in [0.15, 0.2) is 23.4 Å². The molecule has 0 unspecified atom stereocenters. The molecule has 6 heteroatoms. The lowest BCUT2D eigenvalue weighted by molar-refractivity contribution is 0.204. The lowest BCUT2D eigenvalue weighted by atomic mass is 10.1. The molecule has 0 saturated carbocycles. The molecule has 3 N–H and O–H groups in total. The summed E-state index contributed by atoms with van der Waals surface area (Å²) in [4.78, 5) is 2.12. The lowest BCUT2D eigenvalue weighted by Crippen LogP contribution is -2.35. The van der Waals surface area contributed by atoms with Gasteiger partial charge in [0.25, 0.3) is 0 Å². The molecule has 1 aromatic carbocycles. The van der Waals surface area contributed by atoms with Gasteiger partial charge in [-0.1, -0.05) is 16.8 Å². The highest BCUT2D eigenvalue weighted by atomic mass is 35.5. The molecule has 0 radical (unpaired) electrons. The van der Waals surface area contributed by atoms with Crippen molar-refractivity contribution in [3.63, 3.8) is 0 Å². The molecule has 106 valence electrons. The van der Waals surface area contributed by atoms with Gasteiger partial charge >= 0.3 is 0 Å². The molecule has 0 aromatic heterocycles. The number of anilines is 1. The number of amidine groups is 1. The van der Waals surface area contributed by atoms with Gasteiger partial charge in [0.1, 0.15) is 0 Å². The maximum absolute atomic E-state index is 8.88. The van der Waals surface area contributed by atoms with Gasteiger partial charge in [-0.05, 0) is 32.0 Å². The Morgan fingerprint density at radius 2 is 2.21 bits per heavy atom. The van der Waals surface area contributed by atoms with E-state index in [4.69, 9.17) is 27.3 Å². The van der Waals surface area contributed by atoms with Crippen LogP contribution < -0.4 is 10.6 Å². The highest BCUT2D eigenvalue weighted by molar-refractivity contribution is 6.31. The van der Waals surface area contributed by atoms with Gasteiger partial charge in [0, 0.05) is 36.0 Å². The lowest BCUT2D eigenvalue weighted by Gasteiger charge is -2.30. The Balaban J connectivity index is 3.21. The van der Waals surface area contributed by atoms with Crippen molar-refractivity contribution in [3.05, 3.63) is 28.8 Å². The number of methoxy groups -OCH3 is 1. The van der Waals surface area contributed by atoms with Crippen LogP contribution in [0.4, 0.5) is 5.69 Å². The fourth-order valence-corrected chi connectivity index (χ4v) is 2.04. The molecule has 0 aliphatic carbocycles. The van der Waals surface area contributed by atoms with Gasteiger partial charge in [-0.25, -0.2) is 0 Å². The van der Waals surface area contributed by atoms with Crippen LogP contribution in [0.1, 0.15) is 19.4 Å². The van der Waals surface area contributed by atoms with E-state index in [1.807, 2.05) is 6.07 Å². The predicted octanol–water partition coefficient (Wildman–Crippen LogP) is 2.30. The molecule has 0 saturated heterocycles. The van der Waals surface area contributed by atoms with Crippen LogP contribution >= 0.6 is 11.6 Å². The number of nitrogens with two attached hydrogens (primary N) is 1. The summed E-state index contributed by atoms with van der Waals surface area (Å²) in [6.45, 7) is 5.44. The Morgan fingerprint density at radius 3 is 2.74 bits per heavy atom. The minimum atomic E-state index is 0.0422. The molecule has 0 bridgehead atoms. The van der Waals surface area contributed by atoms with Crippen molar-refractivity contribution in [2.24, 2.45) is 10.9 Å². The normalized spacial score (nSPS) is 11.9. The molecule has 19 heavy (non-hydrogen) atoms. The van der Waals surface area contributed by atoms with Gasteiger partial charge in [-0.15, -0.1) is 0 Å². The number of benzene rings is 1. The Hall–Kier alpha value is -1.46. The Bertz CT molecular complexity index is 450. The monoisotopic (exact) mass is 285 g/mol. The molecular weight excluding hydrogens is 266 g/mol. The smallest absolute Gasteiger partial charge is 0.172 e. The average Bonchev–Trinajstić information content (AvgIpc) is 2.39. The summed E-state index contributed by atoms with van der Waals surface area (Å²) in [7, 11) is 1.66. The summed E-state index contributed by atoms with van der Waals surface area (Å²) in [5, 5.41) is 12.5. The fraction of sp³-hybridized carbons (Fsp3) is 0.462. The van der Waals surface area contributed by atoms with Gasteiger partial charge in [0.15, 0.2) is 5.84 Å². The third kappa shape index (κ3) is 4.01. The topological polar surface area (TPSA) is 71.1 Å². The van der Waals surface area contributed by atoms with E-state index in [9.17, 15) is 0 Å². The summed E-state index contributed by atoms with van der Waals surface area (Å²) in [5.41, 5.74) is 7.19. The van der Waals surface area contributed by atoms with E-state index in [1.54, 1.807) is 19.2 Å². The van der Waals surface area contributed by atoms with Crippen molar-refractivity contribution in [2.45, 2.75) is 19.9 Å². The predicted molar refractivity (Wildman–Crippen MR) is 78.3 cm³/mol. The molecule has 0 aliphatic rings. The van der Waals surface area contributed by atoms with Crippen molar-refractivity contribution in [1.29, 1.82) is 0 Å². The fourth-order valence-electron chi connectivity index (χ4n) is 1.86. The third-order valence-electron chi connectivity index (χ3n) is 2.81. The first-order valence-corrected chi connectivity index (χ1v) is 6.42. The van der Waals surface area contributed by atoms with Gasteiger partial charge in [0.2, 0.25) is 0 Å². The largest absolute Gasteiger partial charge is 0.409 e. The molecule has 0 fully saturated rings. The number of hydrogen-bond acceptors (Lipinski definition) is 4. The van der Waals surface area contributed by atoms with Crippen molar-refractivity contribution in [1.82, 2.24) is 0 Å². The second kappa shape index (κ2) is 7.21. The van der Waals surface area contributed by atoms with Crippen molar-refractivity contribution in [2.75, 3.05) is 25.2 Å². The molecule has 5 nitrogen and oxygen atoms in total. The zero-order chi connectivity index (χ0) is 14.4. The van der Waals surface area contributed by atoms with Gasteiger partial charge in [-0.2, -0.15) is 0 Å².